The Hall–Kier alpha value is -1.76. The molecule has 1 aromatic rings. The van der Waals surface area contributed by atoms with Gasteiger partial charge in [0.15, 0.2) is 5.78 Å². The van der Waals surface area contributed by atoms with Crippen LogP contribution in [0.5, 0.6) is 0 Å². The van der Waals surface area contributed by atoms with E-state index in [0.29, 0.717) is 29.0 Å². The van der Waals surface area contributed by atoms with E-state index >= 15 is 0 Å². The van der Waals surface area contributed by atoms with E-state index in [0.717, 1.165) is 12.8 Å². The van der Waals surface area contributed by atoms with Crippen molar-refractivity contribution in [3.05, 3.63) is 34.9 Å². The van der Waals surface area contributed by atoms with Crippen LogP contribution in [0.15, 0.2) is 18.2 Å². The van der Waals surface area contributed by atoms with Crippen LogP contribution >= 0.6 is 0 Å². The van der Waals surface area contributed by atoms with Crippen molar-refractivity contribution >= 4 is 11.7 Å². The molecule has 1 saturated carbocycles. The highest BCUT2D eigenvalue weighted by molar-refractivity contribution is 6.04. The Labute approximate surface area is 142 Å². The third kappa shape index (κ3) is 4.20. The second-order valence-electron chi connectivity index (χ2n) is 6.66. The van der Waals surface area contributed by atoms with E-state index in [2.05, 4.69) is 5.43 Å². The molecular weight excluding hydrogens is 306 g/mol. The summed E-state index contributed by atoms with van der Waals surface area (Å²) < 4.78 is 0. The van der Waals surface area contributed by atoms with Crippen molar-refractivity contribution in [2.45, 2.75) is 57.6 Å². The first-order chi connectivity index (χ1) is 11.5. The molecular formula is C18H27N3O3. The molecule has 1 aliphatic carbocycles. The van der Waals surface area contributed by atoms with Crippen LogP contribution < -0.4 is 17.0 Å². The van der Waals surface area contributed by atoms with E-state index in [4.69, 9.17) is 11.6 Å². The van der Waals surface area contributed by atoms with Crippen LogP contribution in [0, 0.1) is 12.8 Å². The lowest BCUT2D eigenvalue weighted by atomic mass is 9.82. The molecule has 0 saturated heterocycles. The molecule has 0 heterocycles. The van der Waals surface area contributed by atoms with E-state index < -0.39 is 23.8 Å². The zero-order valence-corrected chi connectivity index (χ0v) is 14.1. The zero-order valence-electron chi connectivity index (χ0n) is 14.1. The highest BCUT2D eigenvalue weighted by Gasteiger charge is 2.28. The van der Waals surface area contributed by atoms with Gasteiger partial charge in [0.1, 0.15) is 6.10 Å². The summed E-state index contributed by atoms with van der Waals surface area (Å²) in [5, 5.41) is 10.4. The minimum atomic E-state index is -1.26. The maximum absolute atomic E-state index is 12.6. The molecule has 1 aliphatic rings. The van der Waals surface area contributed by atoms with E-state index in [1.807, 2.05) is 0 Å². The third-order valence-electron chi connectivity index (χ3n) is 4.98. The maximum Gasteiger partial charge on any atom is 0.265 e. The molecule has 24 heavy (non-hydrogen) atoms. The molecule has 0 bridgehead atoms. The fourth-order valence-electron chi connectivity index (χ4n) is 3.52. The molecule has 1 amide bonds. The first kappa shape index (κ1) is 18.6. The van der Waals surface area contributed by atoms with Gasteiger partial charge < -0.3 is 10.8 Å². The van der Waals surface area contributed by atoms with Crippen LogP contribution in [0.2, 0.25) is 0 Å². The molecule has 6 heteroatoms. The fraction of sp³-hybridized carbons (Fsp3) is 0.556. The van der Waals surface area contributed by atoms with Crippen LogP contribution in [0.3, 0.4) is 0 Å². The quantitative estimate of drug-likeness (QED) is 0.272. The highest BCUT2D eigenvalue weighted by Crippen LogP contribution is 2.28. The average Bonchev–Trinajstić information content (AvgIpc) is 2.60. The molecule has 1 aromatic carbocycles. The molecule has 0 aliphatic heterocycles. The monoisotopic (exact) mass is 333 g/mol. The number of rotatable bonds is 6. The predicted molar refractivity (Wildman–Crippen MR) is 92.3 cm³/mol. The van der Waals surface area contributed by atoms with Crippen molar-refractivity contribution in [3.8, 4) is 0 Å². The summed E-state index contributed by atoms with van der Waals surface area (Å²) in [6, 6.07) is 4.20. The van der Waals surface area contributed by atoms with Gasteiger partial charge in [0.2, 0.25) is 0 Å². The standard InChI is InChI=1S/C18H27N3O3/c1-11-13(8-5-9-14(11)18(24)21-20)16(22)17(23)15(19)10-12-6-3-2-4-7-12/h5,8-9,12,15,17,23H,2-4,6-7,10,19-20H2,1H3,(H,21,24)/t15-,17?/m1/s1. The number of carbonyl (C=O) groups is 2. The number of carbonyl (C=O) groups excluding carboxylic acids is 2. The first-order valence-electron chi connectivity index (χ1n) is 8.54. The summed E-state index contributed by atoms with van der Waals surface area (Å²) in [7, 11) is 0. The minimum absolute atomic E-state index is 0.308. The zero-order chi connectivity index (χ0) is 17.7. The van der Waals surface area contributed by atoms with E-state index in [1.54, 1.807) is 25.1 Å². The Bertz CT molecular complexity index is 597. The van der Waals surface area contributed by atoms with Crippen LogP contribution in [0.25, 0.3) is 0 Å². The van der Waals surface area contributed by atoms with Crippen molar-refractivity contribution in [1.29, 1.82) is 0 Å². The number of hydrogen-bond acceptors (Lipinski definition) is 5. The number of aliphatic hydroxyl groups is 1. The molecule has 1 unspecified atom stereocenters. The largest absolute Gasteiger partial charge is 0.383 e. The van der Waals surface area contributed by atoms with Crippen molar-refractivity contribution in [2.75, 3.05) is 0 Å². The van der Waals surface area contributed by atoms with Gasteiger partial charge in [-0.15, -0.1) is 0 Å². The van der Waals surface area contributed by atoms with Gasteiger partial charge in [-0.1, -0.05) is 44.2 Å². The van der Waals surface area contributed by atoms with Crippen molar-refractivity contribution < 1.29 is 14.7 Å². The Morgan fingerprint density at radius 2 is 1.88 bits per heavy atom. The third-order valence-corrected chi connectivity index (χ3v) is 4.98. The van der Waals surface area contributed by atoms with E-state index in [1.165, 1.54) is 19.3 Å². The number of nitrogens with one attached hydrogen (secondary N) is 1. The molecule has 2 atom stereocenters. The highest BCUT2D eigenvalue weighted by atomic mass is 16.3. The first-order valence-corrected chi connectivity index (χ1v) is 8.54. The van der Waals surface area contributed by atoms with Gasteiger partial charge in [0.25, 0.3) is 5.91 Å². The lowest BCUT2D eigenvalue weighted by molar-refractivity contribution is 0.0663. The molecule has 6 nitrogen and oxygen atoms in total. The summed E-state index contributed by atoms with van der Waals surface area (Å²) in [5.41, 5.74) is 9.27. The Morgan fingerprint density at radius 1 is 1.25 bits per heavy atom. The lowest BCUT2D eigenvalue weighted by Gasteiger charge is -2.26. The van der Waals surface area contributed by atoms with Crippen molar-refractivity contribution in [1.82, 2.24) is 5.43 Å². The molecule has 0 aromatic heterocycles. The number of hydrogen-bond donors (Lipinski definition) is 4. The number of nitrogens with two attached hydrogens (primary N) is 2. The molecule has 0 radical (unpaired) electrons. The topological polar surface area (TPSA) is 118 Å². The van der Waals surface area contributed by atoms with E-state index in [9.17, 15) is 14.7 Å². The summed E-state index contributed by atoms with van der Waals surface area (Å²) in [4.78, 5) is 24.4. The predicted octanol–water partition coefficient (Wildman–Crippen LogP) is 1.44. The van der Waals surface area contributed by atoms with Crippen LogP contribution in [-0.2, 0) is 0 Å². The second kappa shape index (κ2) is 8.37. The smallest absolute Gasteiger partial charge is 0.265 e. The molecule has 6 N–H and O–H groups in total. The Kier molecular flexibility index (Phi) is 6.48. The molecule has 2 rings (SSSR count). The average molecular weight is 333 g/mol. The van der Waals surface area contributed by atoms with E-state index in [-0.39, 0.29) is 0 Å². The summed E-state index contributed by atoms with van der Waals surface area (Å²) >= 11 is 0. The van der Waals surface area contributed by atoms with Crippen molar-refractivity contribution in [2.24, 2.45) is 17.5 Å². The van der Waals surface area contributed by atoms with Gasteiger partial charge in [-0.05, 0) is 30.9 Å². The Balaban J connectivity index is 2.10. The fourth-order valence-corrected chi connectivity index (χ4v) is 3.52. The number of Topliss-reactive ketones (excluding diaryl/α,β-unsaturated/α-hetero) is 1. The summed E-state index contributed by atoms with van der Waals surface area (Å²) in [6.07, 6.45) is 5.24. The molecule has 132 valence electrons. The number of hydrazine groups is 1. The van der Waals surface area contributed by atoms with Gasteiger partial charge in [0, 0.05) is 17.2 Å². The molecule has 1 fully saturated rings. The van der Waals surface area contributed by atoms with Crippen LogP contribution in [0.4, 0.5) is 0 Å². The number of amides is 1. The normalized spacial score (nSPS) is 18.0. The second-order valence-corrected chi connectivity index (χ2v) is 6.66. The summed E-state index contributed by atoms with van der Waals surface area (Å²) in [5.74, 6) is 4.72. The Morgan fingerprint density at radius 3 is 2.50 bits per heavy atom. The SMILES string of the molecule is Cc1c(C(=O)NN)cccc1C(=O)C(O)[C@H](N)CC1CCCCC1. The number of aliphatic hydroxyl groups excluding tert-OH is 1. The number of nitrogen functional groups attached to an aromatic ring is 1. The van der Waals surface area contributed by atoms with Gasteiger partial charge in [0.05, 0.1) is 0 Å². The minimum Gasteiger partial charge on any atom is -0.383 e. The summed E-state index contributed by atoms with van der Waals surface area (Å²) in [6.45, 7) is 1.66. The van der Waals surface area contributed by atoms with Crippen LogP contribution in [-0.4, -0.2) is 28.9 Å². The van der Waals surface area contributed by atoms with Gasteiger partial charge >= 0.3 is 0 Å². The number of ketones is 1. The lowest BCUT2D eigenvalue weighted by Crippen LogP contribution is -2.42. The van der Waals surface area contributed by atoms with Gasteiger partial charge in [-0.25, -0.2) is 5.84 Å². The van der Waals surface area contributed by atoms with Gasteiger partial charge in [-0.2, -0.15) is 0 Å². The number of benzene rings is 1. The van der Waals surface area contributed by atoms with Crippen molar-refractivity contribution in [3.63, 3.8) is 0 Å². The van der Waals surface area contributed by atoms with Gasteiger partial charge in [-0.3, -0.25) is 15.0 Å². The van der Waals surface area contributed by atoms with Crippen LogP contribution in [0.1, 0.15) is 64.8 Å². The maximum atomic E-state index is 12.6. The molecule has 0 spiro atoms.